The third kappa shape index (κ3) is 5.90. The molecule has 1 aromatic rings. The Labute approximate surface area is 144 Å². The Kier molecular flexibility index (Phi) is 10.5. The fourth-order valence-corrected chi connectivity index (χ4v) is 23.4. The van der Waals surface area contributed by atoms with Gasteiger partial charge in [0, 0.05) is 0 Å². The molecule has 0 spiro atoms. The van der Waals surface area contributed by atoms with E-state index in [9.17, 15) is 0 Å². The van der Waals surface area contributed by atoms with E-state index in [0.29, 0.717) is 0 Å². The van der Waals surface area contributed by atoms with Gasteiger partial charge >= 0.3 is 144 Å². The Morgan fingerprint density at radius 2 is 1.18 bits per heavy atom. The van der Waals surface area contributed by atoms with Gasteiger partial charge in [-0.15, -0.1) is 0 Å². The van der Waals surface area contributed by atoms with Crippen LogP contribution in [0.25, 0.3) is 0 Å². The zero-order valence-electron chi connectivity index (χ0n) is 15.5. The summed E-state index contributed by atoms with van der Waals surface area (Å²) in [5, 5.41) is 0. The second kappa shape index (κ2) is 11.5. The first-order valence-electron chi connectivity index (χ1n) is 9.79. The van der Waals surface area contributed by atoms with Gasteiger partial charge in [-0.3, -0.25) is 0 Å². The van der Waals surface area contributed by atoms with Gasteiger partial charge in [0.05, 0.1) is 0 Å². The SMILES string of the molecule is CCC[CH2][Sn]([CH2]CCC)([CH2]CCC)[CH](CC)c1ccccc1. The molecule has 0 fully saturated rings. The summed E-state index contributed by atoms with van der Waals surface area (Å²) in [6, 6.07) is 11.5. The van der Waals surface area contributed by atoms with Gasteiger partial charge in [-0.2, -0.15) is 0 Å². The molecule has 1 unspecified atom stereocenters. The summed E-state index contributed by atoms with van der Waals surface area (Å²) in [7, 11) is 0. The molecule has 22 heavy (non-hydrogen) atoms. The van der Waals surface area contributed by atoms with Crippen LogP contribution >= 0.6 is 0 Å². The zero-order chi connectivity index (χ0) is 16.3. The minimum absolute atomic E-state index is 0.945. The van der Waals surface area contributed by atoms with E-state index >= 15 is 0 Å². The van der Waals surface area contributed by atoms with Crippen LogP contribution in [0.1, 0.15) is 82.1 Å². The number of unbranched alkanes of at least 4 members (excludes halogenated alkanes) is 3. The summed E-state index contributed by atoms with van der Waals surface area (Å²) in [6.45, 7) is 9.58. The van der Waals surface area contributed by atoms with Crippen LogP contribution < -0.4 is 0 Å². The number of rotatable bonds is 12. The molecule has 0 saturated heterocycles. The Morgan fingerprint density at radius 1 is 0.727 bits per heavy atom. The van der Waals surface area contributed by atoms with Crippen LogP contribution in [0.4, 0.5) is 0 Å². The molecule has 0 heterocycles. The minimum atomic E-state index is -2.13. The van der Waals surface area contributed by atoms with E-state index in [-0.39, 0.29) is 0 Å². The predicted molar refractivity (Wildman–Crippen MR) is 104 cm³/mol. The molecule has 1 rings (SSSR count). The normalized spacial score (nSPS) is 13.3. The van der Waals surface area contributed by atoms with Crippen molar-refractivity contribution in [3.8, 4) is 0 Å². The topological polar surface area (TPSA) is 0 Å². The van der Waals surface area contributed by atoms with E-state index in [1.54, 1.807) is 18.9 Å². The summed E-state index contributed by atoms with van der Waals surface area (Å²) in [5.41, 5.74) is 1.67. The van der Waals surface area contributed by atoms with Crippen molar-refractivity contribution in [3.05, 3.63) is 35.9 Å². The van der Waals surface area contributed by atoms with Gasteiger partial charge in [0.2, 0.25) is 0 Å². The van der Waals surface area contributed by atoms with Crippen LogP contribution in [-0.4, -0.2) is 18.4 Å². The van der Waals surface area contributed by atoms with Crippen molar-refractivity contribution < 1.29 is 0 Å². The summed E-state index contributed by atoms with van der Waals surface area (Å²) in [4.78, 5) is 0. The fraction of sp³-hybridized carbons (Fsp3) is 0.714. The third-order valence-electron chi connectivity index (χ3n) is 5.43. The van der Waals surface area contributed by atoms with E-state index in [1.807, 2.05) is 0 Å². The molecule has 0 aliphatic heterocycles. The summed E-state index contributed by atoms with van der Waals surface area (Å²) < 4.78 is 5.82. The van der Waals surface area contributed by atoms with E-state index in [0.717, 1.165) is 3.93 Å². The van der Waals surface area contributed by atoms with Gasteiger partial charge in [0.15, 0.2) is 0 Å². The van der Waals surface area contributed by atoms with Gasteiger partial charge < -0.3 is 0 Å². The molecule has 0 aromatic heterocycles. The molecule has 0 radical (unpaired) electrons. The Bertz CT molecular complexity index is 349. The van der Waals surface area contributed by atoms with Crippen molar-refractivity contribution in [3.63, 3.8) is 0 Å². The average molecular weight is 409 g/mol. The van der Waals surface area contributed by atoms with Crippen LogP contribution in [0.2, 0.25) is 13.3 Å². The third-order valence-corrected chi connectivity index (χ3v) is 23.3. The molecular formula is C21H38Sn. The van der Waals surface area contributed by atoms with Gasteiger partial charge in [-0.05, 0) is 0 Å². The van der Waals surface area contributed by atoms with Gasteiger partial charge in [0.1, 0.15) is 0 Å². The Morgan fingerprint density at radius 3 is 1.55 bits per heavy atom. The maximum atomic E-state index is 2.45. The molecule has 0 aliphatic rings. The first-order valence-corrected chi connectivity index (χ1v) is 17.5. The van der Waals surface area contributed by atoms with Crippen molar-refractivity contribution in [1.29, 1.82) is 0 Å². The quantitative estimate of drug-likeness (QED) is 0.313. The summed E-state index contributed by atoms with van der Waals surface area (Å²) in [6.07, 6.45) is 9.94. The molecule has 0 bridgehead atoms. The molecule has 0 aliphatic carbocycles. The van der Waals surface area contributed by atoms with Crippen molar-refractivity contribution in [2.45, 2.75) is 89.9 Å². The second-order valence-corrected chi connectivity index (χ2v) is 21.1. The molecule has 0 saturated carbocycles. The van der Waals surface area contributed by atoms with E-state index in [1.165, 1.54) is 44.9 Å². The van der Waals surface area contributed by atoms with Crippen LogP contribution in [0, 0.1) is 0 Å². The van der Waals surface area contributed by atoms with Gasteiger partial charge in [0.25, 0.3) is 0 Å². The number of benzene rings is 1. The molecule has 0 N–H and O–H groups in total. The standard InChI is InChI=1S/C9H11.3C4H9.Sn/c1-2-6-9-7-4-3-5-8-9;3*1-3-4-2;/h3-8H,2H2,1H3;3*1,3-4H2,2H3;. The van der Waals surface area contributed by atoms with E-state index in [2.05, 4.69) is 58.0 Å². The van der Waals surface area contributed by atoms with E-state index < -0.39 is 18.4 Å². The fourth-order valence-electron chi connectivity index (χ4n) is 4.19. The molecule has 1 atom stereocenters. The molecule has 1 heteroatoms. The monoisotopic (exact) mass is 410 g/mol. The number of hydrogen-bond donors (Lipinski definition) is 0. The van der Waals surface area contributed by atoms with E-state index in [4.69, 9.17) is 0 Å². The van der Waals surface area contributed by atoms with Crippen LogP contribution in [0.15, 0.2) is 30.3 Å². The van der Waals surface area contributed by atoms with Crippen LogP contribution in [0.3, 0.4) is 0 Å². The van der Waals surface area contributed by atoms with Crippen molar-refractivity contribution >= 4 is 18.4 Å². The summed E-state index contributed by atoms with van der Waals surface area (Å²) in [5.74, 6) is 0. The molecule has 126 valence electrons. The average Bonchev–Trinajstić information content (AvgIpc) is 2.57. The molecule has 0 amide bonds. The van der Waals surface area contributed by atoms with Gasteiger partial charge in [-0.1, -0.05) is 0 Å². The molecule has 1 aromatic carbocycles. The van der Waals surface area contributed by atoms with Crippen LogP contribution in [-0.2, 0) is 0 Å². The first kappa shape index (κ1) is 20.1. The van der Waals surface area contributed by atoms with Crippen molar-refractivity contribution in [1.82, 2.24) is 0 Å². The Balaban J connectivity index is 3.10. The predicted octanol–water partition coefficient (Wildman–Crippen LogP) is 7.57. The van der Waals surface area contributed by atoms with Gasteiger partial charge in [-0.25, -0.2) is 0 Å². The maximum absolute atomic E-state index is 2.45. The van der Waals surface area contributed by atoms with Crippen LogP contribution in [0.5, 0.6) is 0 Å². The zero-order valence-corrected chi connectivity index (χ0v) is 18.4. The second-order valence-electron chi connectivity index (χ2n) is 7.04. The first-order chi connectivity index (χ1) is 10.7. The molecular weight excluding hydrogens is 371 g/mol. The summed E-state index contributed by atoms with van der Waals surface area (Å²) >= 11 is -2.13. The van der Waals surface area contributed by atoms with Crippen molar-refractivity contribution in [2.75, 3.05) is 0 Å². The molecule has 0 nitrogen and oxygen atoms in total. The van der Waals surface area contributed by atoms with Crippen molar-refractivity contribution in [2.24, 2.45) is 0 Å². The Hall–Kier alpha value is 0.0187. The number of hydrogen-bond acceptors (Lipinski definition) is 0.